The number of benzene rings is 1. The molecule has 0 spiro atoms. The van der Waals surface area contributed by atoms with E-state index < -0.39 is 0 Å². The SMILES string of the molecule is CCOCn1c(Sc2ccccc2)nc(SC)c1SC. The Morgan fingerprint density at radius 1 is 1.15 bits per heavy atom. The predicted molar refractivity (Wildman–Crippen MR) is 88.0 cm³/mol. The highest BCUT2D eigenvalue weighted by molar-refractivity contribution is 8.01. The van der Waals surface area contributed by atoms with Gasteiger partial charge in [-0.2, -0.15) is 0 Å². The average molecular weight is 327 g/mol. The first kappa shape index (κ1) is 15.8. The van der Waals surface area contributed by atoms with Gasteiger partial charge < -0.3 is 4.74 Å². The van der Waals surface area contributed by atoms with Crippen LogP contribution in [0.15, 0.2) is 50.4 Å². The van der Waals surface area contributed by atoms with Gasteiger partial charge in [-0.15, -0.1) is 23.5 Å². The summed E-state index contributed by atoms with van der Waals surface area (Å²) in [6, 6.07) is 10.3. The third-order valence-electron chi connectivity index (χ3n) is 2.62. The van der Waals surface area contributed by atoms with Gasteiger partial charge in [0.05, 0.1) is 0 Å². The first-order valence-corrected chi connectivity index (χ1v) is 9.55. The molecule has 0 saturated carbocycles. The number of aromatic nitrogens is 2. The van der Waals surface area contributed by atoms with Crippen molar-refractivity contribution in [3.8, 4) is 0 Å². The molecule has 20 heavy (non-hydrogen) atoms. The van der Waals surface area contributed by atoms with Gasteiger partial charge in [0.2, 0.25) is 0 Å². The summed E-state index contributed by atoms with van der Waals surface area (Å²) in [6.07, 6.45) is 4.14. The van der Waals surface area contributed by atoms with E-state index in [1.54, 1.807) is 35.3 Å². The van der Waals surface area contributed by atoms with Crippen LogP contribution in [0.1, 0.15) is 6.92 Å². The molecule has 108 valence electrons. The van der Waals surface area contributed by atoms with Gasteiger partial charge in [0.25, 0.3) is 0 Å². The van der Waals surface area contributed by atoms with Crippen LogP contribution in [0.2, 0.25) is 0 Å². The molecule has 1 aromatic heterocycles. The standard InChI is InChI=1S/C14H18N2OS3/c1-4-17-10-16-13(19-3)12(18-2)15-14(16)20-11-8-6-5-7-9-11/h5-9H,4,10H2,1-3H3. The Hall–Kier alpha value is -0.560. The number of nitrogens with zero attached hydrogens (tertiary/aromatic N) is 2. The van der Waals surface area contributed by atoms with E-state index in [4.69, 9.17) is 9.72 Å². The fourth-order valence-corrected chi connectivity index (χ4v) is 4.25. The fourth-order valence-electron chi connectivity index (χ4n) is 1.70. The number of imidazole rings is 1. The normalized spacial score (nSPS) is 10.9. The minimum atomic E-state index is 0.551. The van der Waals surface area contributed by atoms with E-state index in [-0.39, 0.29) is 0 Å². The van der Waals surface area contributed by atoms with E-state index in [2.05, 4.69) is 29.2 Å². The Balaban J connectivity index is 2.32. The third kappa shape index (κ3) is 3.75. The van der Waals surface area contributed by atoms with Crippen molar-refractivity contribution in [1.82, 2.24) is 9.55 Å². The van der Waals surface area contributed by atoms with E-state index >= 15 is 0 Å². The number of thioether (sulfide) groups is 2. The summed E-state index contributed by atoms with van der Waals surface area (Å²) in [5, 5.41) is 3.22. The highest BCUT2D eigenvalue weighted by atomic mass is 32.2. The van der Waals surface area contributed by atoms with Crippen molar-refractivity contribution >= 4 is 35.3 Å². The molecule has 1 heterocycles. The topological polar surface area (TPSA) is 27.1 Å². The van der Waals surface area contributed by atoms with Crippen molar-refractivity contribution in [3.05, 3.63) is 30.3 Å². The molecule has 0 aliphatic heterocycles. The largest absolute Gasteiger partial charge is 0.361 e. The molecule has 1 aromatic carbocycles. The molecule has 0 N–H and O–H groups in total. The lowest BCUT2D eigenvalue weighted by Gasteiger charge is -2.10. The maximum atomic E-state index is 5.59. The second-order valence-corrected chi connectivity index (χ2v) is 6.51. The van der Waals surface area contributed by atoms with E-state index in [0.717, 1.165) is 10.2 Å². The van der Waals surface area contributed by atoms with Gasteiger partial charge in [-0.1, -0.05) is 30.0 Å². The van der Waals surface area contributed by atoms with Crippen molar-refractivity contribution in [3.63, 3.8) is 0 Å². The van der Waals surface area contributed by atoms with E-state index in [0.29, 0.717) is 13.3 Å². The van der Waals surface area contributed by atoms with Crippen molar-refractivity contribution in [2.75, 3.05) is 19.1 Å². The summed E-state index contributed by atoms with van der Waals surface area (Å²) >= 11 is 5.07. The molecule has 0 amide bonds. The maximum Gasteiger partial charge on any atom is 0.176 e. The molecule has 0 radical (unpaired) electrons. The molecule has 2 rings (SSSR count). The lowest BCUT2D eigenvalue weighted by molar-refractivity contribution is 0.0761. The zero-order valence-electron chi connectivity index (χ0n) is 11.8. The van der Waals surface area contributed by atoms with Gasteiger partial charge in [0, 0.05) is 11.5 Å². The minimum Gasteiger partial charge on any atom is -0.361 e. The Bertz CT molecular complexity index is 543. The number of hydrogen-bond donors (Lipinski definition) is 0. The quantitative estimate of drug-likeness (QED) is 0.700. The van der Waals surface area contributed by atoms with Gasteiger partial charge in [-0.3, -0.25) is 4.57 Å². The van der Waals surface area contributed by atoms with Crippen LogP contribution in [-0.2, 0) is 11.5 Å². The maximum absolute atomic E-state index is 5.59. The van der Waals surface area contributed by atoms with Gasteiger partial charge in [-0.25, -0.2) is 4.98 Å². The van der Waals surface area contributed by atoms with Crippen molar-refractivity contribution in [1.29, 1.82) is 0 Å². The monoisotopic (exact) mass is 326 g/mol. The van der Waals surface area contributed by atoms with E-state index in [9.17, 15) is 0 Å². The molecule has 0 aliphatic carbocycles. The first-order chi connectivity index (χ1) is 9.80. The summed E-state index contributed by atoms with van der Waals surface area (Å²) in [5.74, 6) is 0. The smallest absolute Gasteiger partial charge is 0.176 e. The van der Waals surface area contributed by atoms with Gasteiger partial charge in [0.15, 0.2) is 5.16 Å². The second-order valence-electron chi connectivity index (χ2n) is 3.88. The van der Waals surface area contributed by atoms with Crippen LogP contribution in [0.25, 0.3) is 0 Å². The molecule has 0 atom stereocenters. The molecular weight excluding hydrogens is 308 g/mol. The van der Waals surface area contributed by atoms with Gasteiger partial charge in [-0.05, 0) is 31.6 Å². The molecule has 2 aromatic rings. The molecule has 0 unspecified atom stereocenters. The molecule has 3 nitrogen and oxygen atoms in total. The molecule has 0 aliphatic rings. The predicted octanol–water partition coefficient (Wildman–Crippen LogP) is 4.47. The molecule has 0 fully saturated rings. The Morgan fingerprint density at radius 2 is 1.90 bits per heavy atom. The molecule has 0 saturated heterocycles. The zero-order chi connectivity index (χ0) is 14.4. The Morgan fingerprint density at radius 3 is 2.50 bits per heavy atom. The Kier molecular flexibility index (Phi) is 6.35. The lowest BCUT2D eigenvalue weighted by atomic mass is 10.4. The average Bonchev–Trinajstić information content (AvgIpc) is 2.82. The first-order valence-electron chi connectivity index (χ1n) is 6.29. The van der Waals surface area contributed by atoms with Crippen LogP contribution in [-0.4, -0.2) is 28.7 Å². The van der Waals surface area contributed by atoms with E-state index in [1.807, 2.05) is 25.1 Å². The van der Waals surface area contributed by atoms with Crippen molar-refractivity contribution in [2.24, 2.45) is 0 Å². The van der Waals surface area contributed by atoms with Crippen LogP contribution >= 0.6 is 35.3 Å². The summed E-state index contributed by atoms with van der Waals surface area (Å²) in [5.41, 5.74) is 0. The number of ether oxygens (including phenoxy) is 1. The van der Waals surface area contributed by atoms with Gasteiger partial charge in [0.1, 0.15) is 16.8 Å². The van der Waals surface area contributed by atoms with Gasteiger partial charge >= 0.3 is 0 Å². The summed E-state index contributed by atoms with van der Waals surface area (Å²) in [6.45, 7) is 3.26. The van der Waals surface area contributed by atoms with Crippen LogP contribution in [0, 0.1) is 0 Å². The summed E-state index contributed by atoms with van der Waals surface area (Å²) in [7, 11) is 0. The highest BCUT2D eigenvalue weighted by Gasteiger charge is 2.16. The van der Waals surface area contributed by atoms with Crippen molar-refractivity contribution in [2.45, 2.75) is 33.8 Å². The summed E-state index contributed by atoms with van der Waals surface area (Å²) in [4.78, 5) is 5.93. The number of hydrogen-bond acceptors (Lipinski definition) is 5. The zero-order valence-corrected chi connectivity index (χ0v) is 14.3. The number of rotatable bonds is 7. The van der Waals surface area contributed by atoms with Crippen LogP contribution < -0.4 is 0 Å². The third-order valence-corrected chi connectivity index (χ3v) is 5.22. The van der Waals surface area contributed by atoms with Crippen LogP contribution in [0.4, 0.5) is 0 Å². The molecule has 0 bridgehead atoms. The fraction of sp³-hybridized carbons (Fsp3) is 0.357. The lowest BCUT2D eigenvalue weighted by Crippen LogP contribution is -2.05. The highest BCUT2D eigenvalue weighted by Crippen LogP contribution is 2.35. The van der Waals surface area contributed by atoms with E-state index in [1.165, 1.54) is 9.92 Å². The second kappa shape index (κ2) is 8.02. The van der Waals surface area contributed by atoms with Crippen LogP contribution in [0.3, 0.4) is 0 Å². The molecule has 6 heteroatoms. The minimum absolute atomic E-state index is 0.551. The van der Waals surface area contributed by atoms with Crippen LogP contribution in [0.5, 0.6) is 0 Å². The summed E-state index contributed by atoms with van der Waals surface area (Å²) < 4.78 is 7.74. The Labute approximate surface area is 132 Å². The molecular formula is C14H18N2OS3. The van der Waals surface area contributed by atoms with Crippen molar-refractivity contribution < 1.29 is 4.74 Å².